The molecule has 0 bridgehead atoms. The van der Waals surface area contributed by atoms with Crippen LogP contribution in [0.4, 0.5) is 5.13 Å². The molecule has 0 atom stereocenters. The molecule has 1 aliphatic rings. The average Bonchev–Trinajstić information content (AvgIpc) is 3.19. The molecule has 6 heteroatoms. The van der Waals surface area contributed by atoms with Crippen molar-refractivity contribution in [2.75, 3.05) is 25.0 Å². The molecule has 30 heavy (non-hydrogen) atoms. The standard InChI is InChI=1S/C24H26N4OS/c1-2-29-22-10-9-17-6-3-4-7-19(17)20(22)16-28-14-11-18(12-15-28)26-24-27-21-8-5-13-25-23(21)30-24/h3-10,13,18H,2,11-12,14-16H2,1H3,(H,26,27). The van der Waals surface area contributed by atoms with Gasteiger partial charge in [0.2, 0.25) is 0 Å². The molecular weight excluding hydrogens is 392 g/mol. The fraction of sp³-hybridized carbons (Fsp3) is 0.333. The Kier molecular flexibility index (Phi) is 5.51. The van der Waals surface area contributed by atoms with Gasteiger partial charge in [0.1, 0.15) is 16.1 Å². The van der Waals surface area contributed by atoms with Crippen LogP contribution < -0.4 is 10.1 Å². The van der Waals surface area contributed by atoms with Crippen molar-refractivity contribution in [1.82, 2.24) is 14.9 Å². The zero-order chi connectivity index (χ0) is 20.3. The summed E-state index contributed by atoms with van der Waals surface area (Å²) in [4.78, 5) is 12.6. The van der Waals surface area contributed by atoms with Crippen LogP contribution >= 0.6 is 11.3 Å². The molecule has 0 amide bonds. The zero-order valence-corrected chi connectivity index (χ0v) is 18.0. The van der Waals surface area contributed by atoms with E-state index < -0.39 is 0 Å². The van der Waals surface area contributed by atoms with E-state index >= 15 is 0 Å². The lowest BCUT2D eigenvalue weighted by molar-refractivity contribution is 0.208. The van der Waals surface area contributed by atoms with Crippen LogP contribution in [-0.4, -0.2) is 40.6 Å². The monoisotopic (exact) mass is 418 g/mol. The number of fused-ring (bicyclic) bond motifs is 2. The molecule has 3 heterocycles. The number of nitrogens with one attached hydrogen (secondary N) is 1. The van der Waals surface area contributed by atoms with Crippen molar-refractivity contribution in [3.8, 4) is 5.75 Å². The molecule has 0 aliphatic carbocycles. The lowest BCUT2D eigenvalue weighted by Crippen LogP contribution is -2.38. The fourth-order valence-corrected chi connectivity index (χ4v) is 5.12. The summed E-state index contributed by atoms with van der Waals surface area (Å²) in [6.45, 7) is 5.79. The van der Waals surface area contributed by atoms with Crippen LogP contribution in [0, 0.1) is 0 Å². The second kappa shape index (κ2) is 8.58. The molecule has 154 valence electrons. The number of thiazole rings is 1. The molecule has 2 aromatic heterocycles. The Morgan fingerprint density at radius 1 is 1.10 bits per heavy atom. The fourth-order valence-electron chi connectivity index (χ4n) is 4.24. The number of likely N-dealkylation sites (tertiary alicyclic amines) is 1. The molecule has 0 spiro atoms. The van der Waals surface area contributed by atoms with Crippen molar-refractivity contribution in [2.24, 2.45) is 0 Å². The van der Waals surface area contributed by atoms with Gasteiger partial charge in [-0.25, -0.2) is 9.97 Å². The van der Waals surface area contributed by atoms with Gasteiger partial charge in [0.25, 0.3) is 0 Å². The summed E-state index contributed by atoms with van der Waals surface area (Å²) in [5.74, 6) is 1.01. The third kappa shape index (κ3) is 3.98. The predicted octanol–water partition coefficient (Wildman–Crippen LogP) is 5.32. The van der Waals surface area contributed by atoms with Gasteiger partial charge in [-0.3, -0.25) is 4.90 Å². The highest BCUT2D eigenvalue weighted by molar-refractivity contribution is 7.21. The van der Waals surface area contributed by atoms with E-state index in [0.29, 0.717) is 12.6 Å². The lowest BCUT2D eigenvalue weighted by Gasteiger charge is -2.33. The van der Waals surface area contributed by atoms with Crippen molar-refractivity contribution < 1.29 is 4.74 Å². The number of anilines is 1. The highest BCUT2D eigenvalue weighted by Crippen LogP contribution is 2.31. The van der Waals surface area contributed by atoms with Crippen LogP contribution in [0.1, 0.15) is 25.3 Å². The summed E-state index contributed by atoms with van der Waals surface area (Å²) in [7, 11) is 0. The SMILES string of the molecule is CCOc1ccc2ccccc2c1CN1CCC(Nc2nc3cccnc3s2)CC1. The molecule has 0 unspecified atom stereocenters. The van der Waals surface area contributed by atoms with Crippen LogP contribution in [-0.2, 0) is 6.54 Å². The smallest absolute Gasteiger partial charge is 0.185 e. The van der Waals surface area contributed by atoms with Crippen molar-refractivity contribution in [2.45, 2.75) is 32.4 Å². The Labute approximate surface area is 180 Å². The summed E-state index contributed by atoms with van der Waals surface area (Å²) in [6.07, 6.45) is 4.04. The van der Waals surface area contributed by atoms with Gasteiger partial charge in [-0.1, -0.05) is 41.7 Å². The normalized spacial score (nSPS) is 15.6. The molecule has 2 aromatic carbocycles. The Bertz CT molecular complexity index is 1120. The van der Waals surface area contributed by atoms with E-state index in [0.717, 1.165) is 53.7 Å². The van der Waals surface area contributed by atoms with Crippen LogP contribution in [0.25, 0.3) is 21.1 Å². The van der Waals surface area contributed by atoms with Gasteiger partial charge in [0, 0.05) is 37.4 Å². The van der Waals surface area contributed by atoms with Gasteiger partial charge < -0.3 is 10.1 Å². The van der Waals surface area contributed by atoms with Gasteiger partial charge >= 0.3 is 0 Å². The molecule has 0 radical (unpaired) electrons. The predicted molar refractivity (Wildman–Crippen MR) is 124 cm³/mol. The lowest BCUT2D eigenvalue weighted by atomic mass is 10.0. The molecular formula is C24H26N4OS. The minimum absolute atomic E-state index is 0.459. The first-order chi connectivity index (χ1) is 14.8. The zero-order valence-electron chi connectivity index (χ0n) is 17.2. The largest absolute Gasteiger partial charge is 0.494 e. The van der Waals surface area contributed by atoms with Crippen LogP contribution in [0.2, 0.25) is 0 Å². The van der Waals surface area contributed by atoms with Gasteiger partial charge in [0.05, 0.1) is 6.61 Å². The molecule has 0 saturated carbocycles. The number of rotatable bonds is 6. The van der Waals surface area contributed by atoms with E-state index in [9.17, 15) is 0 Å². The van der Waals surface area contributed by atoms with Crippen LogP contribution in [0.5, 0.6) is 5.75 Å². The summed E-state index contributed by atoms with van der Waals surface area (Å²) in [5.41, 5.74) is 2.28. The molecule has 5 rings (SSSR count). The topological polar surface area (TPSA) is 50.3 Å². The number of pyridine rings is 1. The summed E-state index contributed by atoms with van der Waals surface area (Å²) >= 11 is 1.64. The maximum Gasteiger partial charge on any atom is 0.185 e. The number of benzene rings is 2. The number of nitrogens with zero attached hydrogens (tertiary/aromatic N) is 3. The van der Waals surface area contributed by atoms with Gasteiger partial charge in [-0.05, 0) is 48.7 Å². The molecule has 1 N–H and O–H groups in total. The molecule has 1 fully saturated rings. The summed E-state index contributed by atoms with van der Waals surface area (Å²) in [6, 6.07) is 17.3. The maximum atomic E-state index is 5.96. The molecule has 1 saturated heterocycles. The van der Waals surface area contributed by atoms with Crippen LogP contribution in [0.15, 0.2) is 54.7 Å². The number of piperidine rings is 1. The Hall–Kier alpha value is -2.70. The summed E-state index contributed by atoms with van der Waals surface area (Å²) < 4.78 is 5.96. The number of hydrogen-bond acceptors (Lipinski definition) is 6. The van der Waals surface area contributed by atoms with E-state index in [1.54, 1.807) is 11.3 Å². The van der Waals surface area contributed by atoms with Crippen molar-refractivity contribution >= 4 is 37.6 Å². The van der Waals surface area contributed by atoms with Gasteiger partial charge in [0.15, 0.2) is 5.13 Å². The first-order valence-corrected chi connectivity index (χ1v) is 11.5. The summed E-state index contributed by atoms with van der Waals surface area (Å²) in [5, 5.41) is 7.19. The highest BCUT2D eigenvalue weighted by Gasteiger charge is 2.22. The number of aromatic nitrogens is 2. The van der Waals surface area contributed by atoms with Crippen molar-refractivity contribution in [1.29, 1.82) is 0 Å². The number of ether oxygens (including phenoxy) is 1. The second-order valence-corrected chi connectivity index (χ2v) is 8.72. The Morgan fingerprint density at radius 2 is 1.97 bits per heavy atom. The highest BCUT2D eigenvalue weighted by atomic mass is 32.1. The first kappa shape index (κ1) is 19.3. The Balaban J connectivity index is 1.26. The molecule has 1 aliphatic heterocycles. The third-order valence-electron chi connectivity index (χ3n) is 5.76. The minimum atomic E-state index is 0.459. The van der Waals surface area contributed by atoms with Crippen molar-refractivity contribution in [3.63, 3.8) is 0 Å². The number of hydrogen-bond donors (Lipinski definition) is 1. The van der Waals surface area contributed by atoms with Crippen LogP contribution in [0.3, 0.4) is 0 Å². The quantitative estimate of drug-likeness (QED) is 0.459. The van der Waals surface area contributed by atoms with Gasteiger partial charge in [-0.15, -0.1) is 0 Å². The van der Waals surface area contributed by atoms with E-state index in [1.165, 1.54) is 16.3 Å². The Morgan fingerprint density at radius 3 is 2.80 bits per heavy atom. The molecule has 5 nitrogen and oxygen atoms in total. The maximum absolute atomic E-state index is 5.96. The van der Waals surface area contributed by atoms with E-state index in [-0.39, 0.29) is 0 Å². The van der Waals surface area contributed by atoms with Crippen molar-refractivity contribution in [3.05, 3.63) is 60.3 Å². The van der Waals surface area contributed by atoms with E-state index in [4.69, 9.17) is 4.74 Å². The third-order valence-corrected chi connectivity index (χ3v) is 6.67. The van der Waals surface area contributed by atoms with Gasteiger partial charge in [-0.2, -0.15) is 0 Å². The average molecular weight is 419 g/mol. The molecule has 4 aromatic rings. The second-order valence-electron chi connectivity index (χ2n) is 7.74. The van der Waals surface area contributed by atoms with E-state index in [2.05, 4.69) is 56.6 Å². The first-order valence-electron chi connectivity index (χ1n) is 10.6. The minimum Gasteiger partial charge on any atom is -0.494 e. The van der Waals surface area contributed by atoms with E-state index in [1.807, 2.05) is 25.3 Å².